The molecule has 64 valence electrons. The summed E-state index contributed by atoms with van der Waals surface area (Å²) in [7, 11) is 0. The maximum atomic E-state index is 10.7. The predicted octanol–water partition coefficient (Wildman–Crippen LogP) is 2.53. The lowest BCUT2D eigenvalue weighted by atomic mass is 10.1. The Hall–Kier alpha value is -1.48. The van der Waals surface area contributed by atoms with E-state index in [9.17, 15) is 9.59 Å². The fraction of sp³-hybridized carbons (Fsp3) is 0. The number of thiophene rings is 1. The summed E-state index contributed by atoms with van der Waals surface area (Å²) in [4.78, 5) is 21.2. The van der Waals surface area contributed by atoms with Gasteiger partial charge in [0.2, 0.25) is 0 Å². The molecule has 2 nitrogen and oxygen atoms in total. The van der Waals surface area contributed by atoms with E-state index < -0.39 is 0 Å². The first kappa shape index (κ1) is 8.13. The largest absolute Gasteiger partial charge is 0.298 e. The smallest absolute Gasteiger partial charge is 0.150 e. The number of carbonyl (C=O) groups is 2. The molecule has 0 saturated carbocycles. The third-order valence-corrected chi connectivity index (χ3v) is 2.75. The molecule has 2 aromatic rings. The third-order valence-electron chi connectivity index (χ3n) is 1.89. The van der Waals surface area contributed by atoms with E-state index in [0.717, 1.165) is 22.7 Å². The molecule has 0 bridgehead atoms. The SMILES string of the molecule is O=Cc1cc(C=O)c2ccsc2c1. The van der Waals surface area contributed by atoms with Crippen LogP contribution < -0.4 is 0 Å². The van der Waals surface area contributed by atoms with E-state index in [1.165, 1.54) is 11.3 Å². The Bertz CT molecular complexity index is 471. The Labute approximate surface area is 78.8 Å². The van der Waals surface area contributed by atoms with E-state index in [-0.39, 0.29) is 0 Å². The van der Waals surface area contributed by atoms with Gasteiger partial charge in [-0.1, -0.05) is 0 Å². The zero-order valence-electron chi connectivity index (χ0n) is 6.69. The Kier molecular flexibility index (Phi) is 1.94. The summed E-state index contributed by atoms with van der Waals surface area (Å²) >= 11 is 1.53. The van der Waals surface area contributed by atoms with Gasteiger partial charge in [-0.25, -0.2) is 0 Å². The average Bonchev–Trinajstić information content (AvgIpc) is 2.63. The normalized spacial score (nSPS) is 10.2. The van der Waals surface area contributed by atoms with Gasteiger partial charge in [-0.05, 0) is 23.6 Å². The van der Waals surface area contributed by atoms with Gasteiger partial charge in [-0.2, -0.15) is 0 Å². The van der Waals surface area contributed by atoms with Crippen LogP contribution in [0.3, 0.4) is 0 Å². The summed E-state index contributed by atoms with van der Waals surface area (Å²) in [6.07, 6.45) is 1.54. The van der Waals surface area contributed by atoms with Crippen molar-refractivity contribution < 1.29 is 9.59 Å². The van der Waals surface area contributed by atoms with E-state index in [1.54, 1.807) is 12.1 Å². The Balaban J connectivity index is 2.84. The molecule has 1 aromatic carbocycles. The quantitative estimate of drug-likeness (QED) is 0.682. The van der Waals surface area contributed by atoms with Gasteiger partial charge < -0.3 is 0 Å². The first-order valence-electron chi connectivity index (χ1n) is 3.77. The molecule has 1 heterocycles. The molecule has 0 fully saturated rings. The van der Waals surface area contributed by atoms with Crippen LogP contribution in [0, 0.1) is 0 Å². The van der Waals surface area contributed by atoms with Crippen molar-refractivity contribution >= 4 is 34.0 Å². The minimum atomic E-state index is 0.553. The second-order valence-corrected chi connectivity index (χ2v) is 3.63. The van der Waals surface area contributed by atoms with Crippen LogP contribution in [0.4, 0.5) is 0 Å². The van der Waals surface area contributed by atoms with Crippen molar-refractivity contribution in [3.63, 3.8) is 0 Å². The molecule has 0 unspecified atom stereocenters. The van der Waals surface area contributed by atoms with Gasteiger partial charge in [-0.3, -0.25) is 9.59 Å². The van der Waals surface area contributed by atoms with Crippen molar-refractivity contribution in [2.24, 2.45) is 0 Å². The second kappa shape index (κ2) is 3.11. The number of hydrogen-bond donors (Lipinski definition) is 0. The van der Waals surface area contributed by atoms with E-state index in [4.69, 9.17) is 0 Å². The molecular formula is C10H6O2S. The van der Waals surface area contributed by atoms with Gasteiger partial charge in [0.1, 0.15) is 6.29 Å². The predicted molar refractivity (Wildman–Crippen MR) is 52.6 cm³/mol. The van der Waals surface area contributed by atoms with Crippen LogP contribution in [0.5, 0.6) is 0 Å². The van der Waals surface area contributed by atoms with Crippen molar-refractivity contribution in [2.75, 3.05) is 0 Å². The Morgan fingerprint density at radius 1 is 1.15 bits per heavy atom. The summed E-state index contributed by atoms with van der Waals surface area (Å²) < 4.78 is 0.978. The highest BCUT2D eigenvalue weighted by molar-refractivity contribution is 7.17. The molecule has 0 N–H and O–H groups in total. The van der Waals surface area contributed by atoms with E-state index in [0.29, 0.717) is 11.1 Å². The molecule has 0 spiro atoms. The molecule has 2 rings (SSSR count). The topological polar surface area (TPSA) is 34.1 Å². The molecule has 13 heavy (non-hydrogen) atoms. The highest BCUT2D eigenvalue weighted by Gasteiger charge is 2.03. The Morgan fingerprint density at radius 3 is 2.69 bits per heavy atom. The molecule has 0 atom stereocenters. The van der Waals surface area contributed by atoms with E-state index in [1.807, 2.05) is 11.4 Å². The van der Waals surface area contributed by atoms with Gasteiger partial charge in [0.15, 0.2) is 6.29 Å². The highest BCUT2D eigenvalue weighted by atomic mass is 32.1. The van der Waals surface area contributed by atoms with Crippen LogP contribution in [0.1, 0.15) is 20.7 Å². The van der Waals surface area contributed by atoms with Crippen molar-refractivity contribution in [3.05, 3.63) is 34.7 Å². The molecule has 3 heteroatoms. The summed E-state index contributed by atoms with van der Waals surface area (Å²) in [5.41, 5.74) is 1.14. The molecule has 0 aliphatic rings. The van der Waals surface area contributed by atoms with Gasteiger partial charge in [0.05, 0.1) is 0 Å². The fourth-order valence-corrected chi connectivity index (χ4v) is 2.15. The highest BCUT2D eigenvalue weighted by Crippen LogP contribution is 2.24. The van der Waals surface area contributed by atoms with Crippen LogP contribution in [-0.2, 0) is 0 Å². The lowest BCUT2D eigenvalue weighted by Gasteiger charge is -1.95. The number of fused-ring (bicyclic) bond motifs is 1. The molecule has 0 aliphatic heterocycles. The zero-order chi connectivity index (χ0) is 9.26. The molecule has 0 amide bonds. The lowest BCUT2D eigenvalue weighted by molar-refractivity contribution is 0.112. The zero-order valence-corrected chi connectivity index (χ0v) is 7.51. The van der Waals surface area contributed by atoms with Gasteiger partial charge in [0.25, 0.3) is 0 Å². The Morgan fingerprint density at radius 2 is 2.00 bits per heavy atom. The van der Waals surface area contributed by atoms with Crippen LogP contribution in [-0.4, -0.2) is 12.6 Å². The fourth-order valence-electron chi connectivity index (χ4n) is 1.29. The van der Waals surface area contributed by atoms with Gasteiger partial charge >= 0.3 is 0 Å². The minimum absolute atomic E-state index is 0.553. The second-order valence-electron chi connectivity index (χ2n) is 2.68. The van der Waals surface area contributed by atoms with Crippen LogP contribution in [0.2, 0.25) is 0 Å². The average molecular weight is 190 g/mol. The number of benzene rings is 1. The summed E-state index contributed by atoms with van der Waals surface area (Å²) in [5, 5.41) is 2.83. The van der Waals surface area contributed by atoms with Gasteiger partial charge in [0, 0.05) is 21.2 Å². The van der Waals surface area contributed by atoms with Crippen LogP contribution >= 0.6 is 11.3 Å². The maximum Gasteiger partial charge on any atom is 0.150 e. The number of hydrogen-bond acceptors (Lipinski definition) is 3. The first-order chi connectivity index (χ1) is 6.35. The molecule has 0 radical (unpaired) electrons. The maximum absolute atomic E-state index is 10.7. The number of carbonyl (C=O) groups excluding carboxylic acids is 2. The lowest BCUT2D eigenvalue weighted by Crippen LogP contribution is -1.85. The number of rotatable bonds is 2. The van der Waals surface area contributed by atoms with Crippen molar-refractivity contribution in [1.29, 1.82) is 0 Å². The third kappa shape index (κ3) is 1.27. The standard InChI is InChI=1S/C10H6O2S/c11-5-7-3-8(6-12)9-1-2-13-10(9)4-7/h1-6H. The molecule has 0 saturated heterocycles. The van der Waals surface area contributed by atoms with E-state index >= 15 is 0 Å². The van der Waals surface area contributed by atoms with Crippen molar-refractivity contribution in [1.82, 2.24) is 0 Å². The monoisotopic (exact) mass is 190 g/mol. The summed E-state index contributed by atoms with van der Waals surface area (Å²) in [5.74, 6) is 0. The van der Waals surface area contributed by atoms with Crippen molar-refractivity contribution in [3.8, 4) is 0 Å². The first-order valence-corrected chi connectivity index (χ1v) is 4.64. The molecule has 0 aliphatic carbocycles. The van der Waals surface area contributed by atoms with Crippen LogP contribution in [0.25, 0.3) is 10.1 Å². The van der Waals surface area contributed by atoms with E-state index in [2.05, 4.69) is 0 Å². The molecular weight excluding hydrogens is 184 g/mol. The van der Waals surface area contributed by atoms with Crippen LogP contribution in [0.15, 0.2) is 23.6 Å². The van der Waals surface area contributed by atoms with Gasteiger partial charge in [-0.15, -0.1) is 11.3 Å². The molecule has 1 aromatic heterocycles. The summed E-state index contributed by atoms with van der Waals surface area (Å²) in [6.45, 7) is 0. The summed E-state index contributed by atoms with van der Waals surface area (Å²) in [6, 6.07) is 5.29. The minimum Gasteiger partial charge on any atom is -0.298 e. The van der Waals surface area contributed by atoms with Crippen molar-refractivity contribution in [2.45, 2.75) is 0 Å². The number of aldehydes is 2.